The quantitative estimate of drug-likeness (QED) is 0.493. The van der Waals surface area contributed by atoms with Crippen LogP contribution < -0.4 is 10.5 Å². The van der Waals surface area contributed by atoms with E-state index in [1.54, 1.807) is 11.3 Å². The fraction of sp³-hybridized carbons (Fsp3) is 0.375. The number of rotatable bonds is 5. The Balaban J connectivity index is 1.72. The zero-order chi connectivity index (χ0) is 18.1. The van der Waals surface area contributed by atoms with Crippen molar-refractivity contribution >= 4 is 51.4 Å². The number of anilines is 1. The molecular weight excluding hydrogens is 400 g/mol. The van der Waals surface area contributed by atoms with Crippen molar-refractivity contribution in [1.29, 1.82) is 0 Å². The molecule has 1 unspecified atom stereocenters. The molecule has 1 fully saturated rings. The molecule has 4 rings (SSSR count). The summed E-state index contributed by atoms with van der Waals surface area (Å²) >= 11 is 13.9. The lowest BCUT2D eigenvalue weighted by molar-refractivity contribution is 0.0527. The topological polar surface area (TPSA) is 55.2 Å². The molecule has 4 heterocycles. The van der Waals surface area contributed by atoms with E-state index >= 15 is 4.48 Å². The van der Waals surface area contributed by atoms with Crippen LogP contribution in [0.3, 0.4) is 0 Å². The molecule has 1 atom stereocenters. The van der Waals surface area contributed by atoms with Gasteiger partial charge in [0.15, 0.2) is 5.82 Å². The summed E-state index contributed by atoms with van der Waals surface area (Å²) in [5.41, 5.74) is 0.851. The third-order valence-electron chi connectivity index (χ3n) is 4.20. The van der Waals surface area contributed by atoms with Gasteiger partial charge in [-0.2, -0.15) is 4.98 Å². The Hall–Kier alpha value is -1.61. The predicted molar refractivity (Wildman–Crippen MR) is 102 cm³/mol. The molecule has 26 heavy (non-hydrogen) atoms. The smallest absolute Gasteiger partial charge is 0.225 e. The highest BCUT2D eigenvalue weighted by Gasteiger charge is 2.26. The average Bonchev–Trinajstić information content (AvgIpc) is 3.28. The fourth-order valence-electron chi connectivity index (χ4n) is 2.97. The Bertz CT molecular complexity index is 898. The van der Waals surface area contributed by atoms with Crippen molar-refractivity contribution in [1.82, 2.24) is 14.6 Å². The lowest BCUT2D eigenvalue weighted by atomic mass is 10.1. The Labute approximate surface area is 163 Å². The highest BCUT2D eigenvalue weighted by Crippen LogP contribution is 2.32. The van der Waals surface area contributed by atoms with Crippen LogP contribution in [0.1, 0.15) is 17.7 Å². The number of thiophene rings is 1. The monoisotopic (exact) mass is 415 g/mol. The van der Waals surface area contributed by atoms with Crippen molar-refractivity contribution in [2.75, 3.05) is 23.8 Å². The Kier molecular flexibility index (Phi) is 5.17. The minimum Gasteiger partial charge on any atom is -0.379 e. The van der Waals surface area contributed by atoms with Crippen LogP contribution in [0.4, 0.5) is 10.3 Å². The van der Waals surface area contributed by atoms with Crippen molar-refractivity contribution in [2.24, 2.45) is 0 Å². The summed E-state index contributed by atoms with van der Waals surface area (Å²) in [6, 6.07) is 3.58. The highest BCUT2D eigenvalue weighted by atomic mass is 35.5. The van der Waals surface area contributed by atoms with Crippen LogP contribution >= 0.6 is 34.5 Å². The standard InChI is InChI=1S/C16H16Cl2FN5OS/c17-12-8-23(24(19)10-3-1-5-25-9-10)14-13(12)21-16(18)22-15(14)20-7-11-4-2-6-26-11/h2,4,6,8,10H,1,3,5,7,9H2,(H,20,21,22). The van der Waals surface area contributed by atoms with Gasteiger partial charge in [0.25, 0.3) is 0 Å². The molecule has 0 amide bonds. The predicted octanol–water partition coefficient (Wildman–Crippen LogP) is 4.41. The summed E-state index contributed by atoms with van der Waals surface area (Å²) < 4.78 is 21.8. The van der Waals surface area contributed by atoms with Crippen LogP contribution in [0, 0.1) is 0 Å². The van der Waals surface area contributed by atoms with Gasteiger partial charge in [0.05, 0.1) is 24.4 Å². The molecule has 0 bridgehead atoms. The lowest BCUT2D eigenvalue weighted by Gasteiger charge is -2.29. The maximum atomic E-state index is 15.1. The minimum atomic E-state index is -0.392. The zero-order valence-corrected chi connectivity index (χ0v) is 16.0. The van der Waals surface area contributed by atoms with E-state index in [0.29, 0.717) is 53.3 Å². The molecule has 1 aliphatic heterocycles. The maximum absolute atomic E-state index is 15.1. The summed E-state index contributed by atoms with van der Waals surface area (Å²) in [4.78, 5) is 9.53. The molecule has 0 saturated carbocycles. The largest absolute Gasteiger partial charge is 0.379 e. The van der Waals surface area contributed by atoms with Gasteiger partial charge in [-0.25, -0.2) is 9.66 Å². The van der Waals surface area contributed by atoms with Gasteiger partial charge in [0.1, 0.15) is 17.1 Å². The minimum absolute atomic E-state index is 0.0530. The SMILES string of the molecule is FN(C1CCCOC1)n1cc(Cl)c2nc(Cl)nc(NCc3cccs3)c21. The summed E-state index contributed by atoms with van der Waals surface area (Å²) in [5.74, 6) is 0.430. The summed E-state index contributed by atoms with van der Waals surface area (Å²) in [6.07, 6.45) is 2.99. The molecule has 3 aromatic heterocycles. The molecule has 3 aromatic rings. The van der Waals surface area contributed by atoms with Crippen LogP contribution in [0.25, 0.3) is 11.0 Å². The zero-order valence-electron chi connectivity index (χ0n) is 13.7. The molecule has 0 aliphatic carbocycles. The summed E-state index contributed by atoms with van der Waals surface area (Å²) in [7, 11) is 0. The molecule has 138 valence electrons. The van der Waals surface area contributed by atoms with E-state index < -0.39 is 6.04 Å². The molecule has 0 radical (unpaired) electrons. The maximum Gasteiger partial charge on any atom is 0.225 e. The third kappa shape index (κ3) is 3.46. The van der Waals surface area contributed by atoms with Crippen LogP contribution in [-0.4, -0.2) is 33.9 Å². The number of fused-ring (bicyclic) bond motifs is 1. The summed E-state index contributed by atoms with van der Waals surface area (Å²) in [5, 5.41) is 6.21. The second-order valence-corrected chi connectivity index (χ2v) is 7.73. The first-order valence-electron chi connectivity index (χ1n) is 8.17. The van der Waals surface area contributed by atoms with Crippen molar-refractivity contribution in [2.45, 2.75) is 25.4 Å². The third-order valence-corrected chi connectivity index (χ3v) is 5.52. The Morgan fingerprint density at radius 2 is 2.31 bits per heavy atom. The molecular formula is C16H16Cl2FN5OS. The molecule has 0 spiro atoms. The molecule has 1 aliphatic rings. The van der Waals surface area contributed by atoms with Gasteiger partial charge >= 0.3 is 0 Å². The second kappa shape index (κ2) is 7.56. The molecule has 1 N–H and O–H groups in total. The number of nitrogens with zero attached hydrogens (tertiary/aromatic N) is 4. The molecule has 0 aromatic carbocycles. The normalized spacial score (nSPS) is 17.6. The number of halogens is 3. The van der Waals surface area contributed by atoms with Gasteiger partial charge in [-0.1, -0.05) is 22.1 Å². The van der Waals surface area contributed by atoms with Gasteiger partial charge in [0, 0.05) is 11.5 Å². The van der Waals surface area contributed by atoms with Crippen LogP contribution in [0.5, 0.6) is 0 Å². The van der Waals surface area contributed by atoms with E-state index in [9.17, 15) is 0 Å². The van der Waals surface area contributed by atoms with Crippen LogP contribution in [-0.2, 0) is 11.3 Å². The lowest BCUT2D eigenvalue weighted by Crippen LogP contribution is -2.42. The van der Waals surface area contributed by atoms with Gasteiger partial charge in [-0.05, 0) is 35.9 Å². The van der Waals surface area contributed by atoms with Gasteiger partial charge in [0.2, 0.25) is 5.28 Å². The van der Waals surface area contributed by atoms with E-state index in [4.69, 9.17) is 27.9 Å². The van der Waals surface area contributed by atoms with E-state index in [0.717, 1.165) is 11.3 Å². The van der Waals surface area contributed by atoms with Crippen molar-refractivity contribution in [3.63, 3.8) is 0 Å². The molecule has 10 heteroatoms. The van der Waals surface area contributed by atoms with E-state index in [1.165, 1.54) is 10.9 Å². The van der Waals surface area contributed by atoms with Crippen molar-refractivity contribution < 1.29 is 9.22 Å². The first kappa shape index (κ1) is 17.8. The molecule has 6 nitrogen and oxygen atoms in total. The van der Waals surface area contributed by atoms with Gasteiger partial charge in [-0.3, -0.25) is 0 Å². The Morgan fingerprint density at radius 1 is 1.42 bits per heavy atom. The fourth-order valence-corrected chi connectivity index (χ4v) is 4.01. The van der Waals surface area contributed by atoms with E-state index in [-0.39, 0.29) is 5.28 Å². The number of hydrogen-bond donors (Lipinski definition) is 1. The second-order valence-electron chi connectivity index (χ2n) is 5.95. The molecule has 1 saturated heterocycles. The van der Waals surface area contributed by atoms with Crippen LogP contribution in [0.2, 0.25) is 10.3 Å². The van der Waals surface area contributed by atoms with E-state index in [1.807, 2.05) is 17.5 Å². The number of ether oxygens (including phenoxy) is 1. The first-order chi connectivity index (χ1) is 12.6. The van der Waals surface area contributed by atoms with Gasteiger partial charge < -0.3 is 10.1 Å². The van der Waals surface area contributed by atoms with Crippen molar-refractivity contribution in [3.8, 4) is 0 Å². The van der Waals surface area contributed by atoms with Crippen molar-refractivity contribution in [3.05, 3.63) is 38.9 Å². The summed E-state index contributed by atoms with van der Waals surface area (Å²) in [6.45, 7) is 1.52. The number of nitrogens with one attached hydrogen (secondary N) is 1. The number of aromatic nitrogens is 3. The first-order valence-corrected chi connectivity index (χ1v) is 9.80. The number of hydrogen-bond acceptors (Lipinski definition) is 6. The van der Waals surface area contributed by atoms with E-state index in [2.05, 4.69) is 15.3 Å². The highest BCUT2D eigenvalue weighted by molar-refractivity contribution is 7.09. The van der Waals surface area contributed by atoms with Crippen LogP contribution in [0.15, 0.2) is 23.7 Å². The Morgan fingerprint density at radius 3 is 3.04 bits per heavy atom. The van der Waals surface area contributed by atoms with Gasteiger partial charge in [-0.15, -0.1) is 16.6 Å². The average molecular weight is 416 g/mol.